The molecular weight excluding hydrogens is 283 g/mol. The number of rotatable bonds is 3. The molecule has 1 aliphatic heterocycles. The van der Waals surface area contributed by atoms with Crippen molar-refractivity contribution >= 4 is 11.0 Å². The van der Waals surface area contributed by atoms with Gasteiger partial charge in [-0.05, 0) is 42.3 Å². The van der Waals surface area contributed by atoms with E-state index in [1.54, 1.807) is 6.07 Å². The summed E-state index contributed by atoms with van der Waals surface area (Å²) >= 11 is 0. The largest absolute Gasteiger partial charge is 0.454 e. The van der Waals surface area contributed by atoms with E-state index in [9.17, 15) is 4.39 Å². The summed E-state index contributed by atoms with van der Waals surface area (Å²) in [7, 11) is 0. The van der Waals surface area contributed by atoms with Crippen molar-refractivity contribution in [3.63, 3.8) is 0 Å². The minimum absolute atomic E-state index is 0.191. The van der Waals surface area contributed by atoms with Crippen LogP contribution in [0.2, 0.25) is 0 Å². The maximum Gasteiger partial charge on any atom is 0.231 e. The smallest absolute Gasteiger partial charge is 0.231 e. The van der Waals surface area contributed by atoms with E-state index in [2.05, 4.69) is 16.9 Å². The van der Waals surface area contributed by atoms with Gasteiger partial charge in [-0.15, -0.1) is 0 Å². The normalized spacial score (nSPS) is 14.5. The molecule has 1 atom stereocenters. The molecule has 1 aromatic heterocycles. The van der Waals surface area contributed by atoms with Crippen LogP contribution in [-0.2, 0) is 6.42 Å². The first kappa shape index (κ1) is 13.1. The summed E-state index contributed by atoms with van der Waals surface area (Å²) in [5.41, 5.74) is 2.67. The third-order valence-corrected chi connectivity index (χ3v) is 3.91. The van der Waals surface area contributed by atoms with Crippen LogP contribution in [0.4, 0.5) is 4.39 Å². The molecule has 4 nitrogen and oxygen atoms in total. The molecule has 0 aliphatic carbocycles. The summed E-state index contributed by atoms with van der Waals surface area (Å²) < 4.78 is 24.0. The zero-order valence-electron chi connectivity index (χ0n) is 12.1. The topological polar surface area (TPSA) is 47.1 Å². The van der Waals surface area contributed by atoms with Crippen molar-refractivity contribution in [2.75, 3.05) is 6.79 Å². The number of ether oxygens (including phenoxy) is 2. The van der Waals surface area contributed by atoms with Crippen LogP contribution in [0, 0.1) is 5.82 Å². The molecule has 2 aromatic carbocycles. The summed E-state index contributed by atoms with van der Waals surface area (Å²) in [5.74, 6) is 2.37. The van der Waals surface area contributed by atoms with Crippen molar-refractivity contribution in [3.8, 4) is 11.5 Å². The quantitative estimate of drug-likeness (QED) is 0.800. The molecular formula is C17H15FN2O2. The Bertz CT molecular complexity index is 844. The molecule has 1 N–H and O–H groups in total. The van der Waals surface area contributed by atoms with E-state index < -0.39 is 0 Å². The van der Waals surface area contributed by atoms with Crippen molar-refractivity contribution in [1.82, 2.24) is 9.97 Å². The molecule has 1 aliphatic rings. The summed E-state index contributed by atoms with van der Waals surface area (Å²) in [6, 6.07) is 10.6. The Balaban J connectivity index is 1.59. The Morgan fingerprint density at radius 3 is 2.95 bits per heavy atom. The van der Waals surface area contributed by atoms with Gasteiger partial charge in [-0.2, -0.15) is 0 Å². The molecule has 0 unspecified atom stereocenters. The molecule has 0 saturated heterocycles. The zero-order valence-corrected chi connectivity index (χ0v) is 12.1. The average molecular weight is 298 g/mol. The lowest BCUT2D eigenvalue weighted by molar-refractivity contribution is 0.174. The molecule has 0 amide bonds. The van der Waals surface area contributed by atoms with E-state index in [1.807, 2.05) is 18.2 Å². The van der Waals surface area contributed by atoms with Crippen LogP contribution in [-0.4, -0.2) is 16.8 Å². The Morgan fingerprint density at radius 2 is 2.05 bits per heavy atom. The minimum Gasteiger partial charge on any atom is -0.454 e. The molecule has 5 heteroatoms. The first-order valence-electron chi connectivity index (χ1n) is 7.23. The van der Waals surface area contributed by atoms with Gasteiger partial charge in [-0.25, -0.2) is 9.37 Å². The van der Waals surface area contributed by atoms with Crippen molar-refractivity contribution < 1.29 is 13.9 Å². The lowest BCUT2D eigenvalue weighted by Crippen LogP contribution is -2.00. The maximum absolute atomic E-state index is 13.2. The standard InChI is InChI=1S/C17H15FN2O2/c1-10(6-11-2-5-15-16(7-11)22-9-21-15)17-19-13-4-3-12(18)8-14(13)20-17/h2-5,7-8,10H,6,9H2,1H3,(H,19,20)/t10-/m0/s1. The number of aromatic amines is 1. The number of benzene rings is 2. The van der Waals surface area contributed by atoms with E-state index in [1.165, 1.54) is 12.1 Å². The molecule has 0 fully saturated rings. The van der Waals surface area contributed by atoms with Gasteiger partial charge < -0.3 is 14.5 Å². The van der Waals surface area contributed by atoms with Gasteiger partial charge in [0.05, 0.1) is 11.0 Å². The van der Waals surface area contributed by atoms with Crippen molar-refractivity contribution in [3.05, 3.63) is 53.6 Å². The molecule has 0 bridgehead atoms. The predicted molar refractivity (Wildman–Crippen MR) is 80.7 cm³/mol. The summed E-state index contributed by atoms with van der Waals surface area (Å²) in [6.45, 7) is 2.38. The molecule has 2 heterocycles. The maximum atomic E-state index is 13.2. The number of fused-ring (bicyclic) bond motifs is 2. The number of aromatic nitrogens is 2. The highest BCUT2D eigenvalue weighted by atomic mass is 19.1. The van der Waals surface area contributed by atoms with Gasteiger partial charge in [-0.3, -0.25) is 0 Å². The van der Waals surface area contributed by atoms with Gasteiger partial charge in [0.15, 0.2) is 11.5 Å². The predicted octanol–water partition coefficient (Wildman–Crippen LogP) is 3.78. The van der Waals surface area contributed by atoms with E-state index in [0.717, 1.165) is 40.3 Å². The molecule has 0 spiro atoms. The molecule has 112 valence electrons. The van der Waals surface area contributed by atoms with Gasteiger partial charge in [-0.1, -0.05) is 13.0 Å². The highest BCUT2D eigenvalue weighted by Gasteiger charge is 2.16. The number of nitrogens with one attached hydrogen (secondary N) is 1. The number of nitrogens with zero attached hydrogens (tertiary/aromatic N) is 1. The second-order valence-electron chi connectivity index (χ2n) is 5.58. The fourth-order valence-corrected chi connectivity index (χ4v) is 2.75. The van der Waals surface area contributed by atoms with Crippen LogP contribution in [0.1, 0.15) is 24.2 Å². The van der Waals surface area contributed by atoms with Crippen LogP contribution in [0.25, 0.3) is 11.0 Å². The number of halogens is 1. The lowest BCUT2D eigenvalue weighted by Gasteiger charge is -2.09. The van der Waals surface area contributed by atoms with Crippen molar-refractivity contribution in [1.29, 1.82) is 0 Å². The van der Waals surface area contributed by atoms with Crippen LogP contribution in [0.5, 0.6) is 11.5 Å². The Labute approximate surface area is 126 Å². The van der Waals surface area contributed by atoms with Crippen molar-refractivity contribution in [2.24, 2.45) is 0 Å². The van der Waals surface area contributed by atoms with Gasteiger partial charge >= 0.3 is 0 Å². The van der Waals surface area contributed by atoms with E-state index >= 15 is 0 Å². The Hall–Kier alpha value is -2.56. The third-order valence-electron chi connectivity index (χ3n) is 3.91. The second-order valence-corrected chi connectivity index (χ2v) is 5.58. The molecule has 3 aromatic rings. The number of H-pyrrole nitrogens is 1. The Kier molecular flexibility index (Phi) is 2.99. The SMILES string of the molecule is C[C@@H](Cc1ccc2c(c1)OCO2)c1nc2ccc(F)cc2[nH]1. The van der Waals surface area contributed by atoms with E-state index in [-0.39, 0.29) is 18.5 Å². The minimum atomic E-state index is -0.258. The van der Waals surface area contributed by atoms with Gasteiger partial charge in [0.1, 0.15) is 11.6 Å². The zero-order chi connectivity index (χ0) is 15.1. The van der Waals surface area contributed by atoms with Gasteiger partial charge in [0.2, 0.25) is 6.79 Å². The molecule has 0 saturated carbocycles. The number of hydrogen-bond donors (Lipinski definition) is 1. The fraction of sp³-hybridized carbons (Fsp3) is 0.235. The average Bonchev–Trinajstić information content (AvgIpc) is 3.12. The fourth-order valence-electron chi connectivity index (χ4n) is 2.75. The van der Waals surface area contributed by atoms with Crippen LogP contribution >= 0.6 is 0 Å². The van der Waals surface area contributed by atoms with Crippen molar-refractivity contribution in [2.45, 2.75) is 19.3 Å². The second kappa shape index (κ2) is 5.02. The molecule has 0 radical (unpaired) electrons. The first-order chi connectivity index (χ1) is 10.7. The highest BCUT2D eigenvalue weighted by Crippen LogP contribution is 2.33. The van der Waals surface area contributed by atoms with E-state index in [4.69, 9.17) is 9.47 Å². The number of imidazole rings is 1. The Morgan fingerprint density at radius 1 is 1.18 bits per heavy atom. The monoisotopic (exact) mass is 298 g/mol. The summed E-state index contributed by atoms with van der Waals surface area (Å²) in [4.78, 5) is 7.75. The van der Waals surface area contributed by atoms with Gasteiger partial charge in [0, 0.05) is 5.92 Å². The number of hydrogen-bond acceptors (Lipinski definition) is 3. The summed E-state index contributed by atoms with van der Waals surface area (Å²) in [6.07, 6.45) is 0.818. The van der Waals surface area contributed by atoms with Gasteiger partial charge in [0.25, 0.3) is 0 Å². The third kappa shape index (κ3) is 2.28. The first-order valence-corrected chi connectivity index (χ1v) is 7.23. The lowest BCUT2D eigenvalue weighted by atomic mass is 10.0. The summed E-state index contributed by atoms with van der Waals surface area (Å²) in [5, 5.41) is 0. The highest BCUT2D eigenvalue weighted by molar-refractivity contribution is 5.75. The van der Waals surface area contributed by atoms with Crippen LogP contribution < -0.4 is 9.47 Å². The molecule has 4 rings (SSSR count). The van der Waals surface area contributed by atoms with Crippen LogP contribution in [0.15, 0.2) is 36.4 Å². The van der Waals surface area contributed by atoms with E-state index in [0.29, 0.717) is 0 Å². The van der Waals surface area contributed by atoms with Crippen LogP contribution in [0.3, 0.4) is 0 Å². The molecule has 22 heavy (non-hydrogen) atoms.